The Morgan fingerprint density at radius 1 is 1.15 bits per heavy atom. The molecule has 0 bridgehead atoms. The first kappa shape index (κ1) is 19.8. The van der Waals surface area contributed by atoms with Crippen LogP contribution in [-0.2, 0) is 9.59 Å². The summed E-state index contributed by atoms with van der Waals surface area (Å²) in [5.74, 6) is -0.301. The lowest BCUT2D eigenvalue weighted by molar-refractivity contribution is -0.136. The molecule has 0 atom stereocenters. The van der Waals surface area contributed by atoms with Gasteiger partial charge in [-0.05, 0) is 44.5 Å². The second-order valence-corrected chi connectivity index (χ2v) is 6.99. The van der Waals surface area contributed by atoms with Crippen LogP contribution in [0.2, 0.25) is 5.02 Å². The van der Waals surface area contributed by atoms with Crippen molar-refractivity contribution in [1.82, 2.24) is 0 Å². The number of rotatable bonds is 5. The number of nitrogens with zero attached hydrogens (tertiary/aromatic N) is 1. The van der Waals surface area contributed by atoms with E-state index in [1.54, 1.807) is 33.0 Å². The molecule has 2 aromatic carbocycles. The molecule has 5 nitrogen and oxygen atoms in total. The van der Waals surface area contributed by atoms with E-state index in [0.29, 0.717) is 16.5 Å². The Balaban J connectivity index is 2.25. The lowest BCUT2D eigenvalue weighted by Crippen LogP contribution is -2.46. The second-order valence-electron chi connectivity index (χ2n) is 6.58. The predicted octanol–water partition coefficient (Wildman–Crippen LogP) is 4.28. The number of hydrogen-bond donors (Lipinski definition) is 1. The molecule has 138 valence electrons. The molecule has 0 heterocycles. The molecule has 0 radical (unpaired) electrons. The highest BCUT2D eigenvalue weighted by atomic mass is 35.5. The van der Waals surface area contributed by atoms with Crippen molar-refractivity contribution in [2.24, 2.45) is 5.41 Å². The Morgan fingerprint density at radius 2 is 1.77 bits per heavy atom. The Kier molecular flexibility index (Phi) is 5.93. The summed E-state index contributed by atoms with van der Waals surface area (Å²) < 4.78 is 5.28. The summed E-state index contributed by atoms with van der Waals surface area (Å²) in [4.78, 5) is 27.2. The van der Waals surface area contributed by atoms with E-state index in [9.17, 15) is 9.59 Å². The van der Waals surface area contributed by atoms with E-state index in [1.165, 1.54) is 12.0 Å². The van der Waals surface area contributed by atoms with Crippen LogP contribution >= 0.6 is 11.6 Å². The maximum atomic E-state index is 12.9. The standard InChI is InChI=1S/C20H23ClN2O3/c1-13-11-16(17(26-5)12-15(13)21)22-18(24)20(2,3)19(25)23(4)14-9-7-6-8-10-14/h6-12H,1-5H3,(H,22,24). The monoisotopic (exact) mass is 374 g/mol. The average molecular weight is 375 g/mol. The van der Waals surface area contributed by atoms with Crippen molar-refractivity contribution in [3.05, 3.63) is 53.1 Å². The fourth-order valence-corrected chi connectivity index (χ4v) is 2.65. The smallest absolute Gasteiger partial charge is 0.241 e. The van der Waals surface area contributed by atoms with E-state index in [1.807, 2.05) is 37.3 Å². The van der Waals surface area contributed by atoms with Gasteiger partial charge in [-0.1, -0.05) is 29.8 Å². The van der Waals surface area contributed by atoms with Gasteiger partial charge < -0.3 is 15.0 Å². The fourth-order valence-electron chi connectivity index (χ4n) is 2.49. The van der Waals surface area contributed by atoms with Gasteiger partial charge in [0.1, 0.15) is 11.2 Å². The molecule has 0 fully saturated rings. The summed E-state index contributed by atoms with van der Waals surface area (Å²) in [5, 5.41) is 3.33. The van der Waals surface area contributed by atoms with Crippen LogP contribution < -0.4 is 15.0 Å². The van der Waals surface area contributed by atoms with E-state index >= 15 is 0 Å². The van der Waals surface area contributed by atoms with Crippen LogP contribution in [0.25, 0.3) is 0 Å². The second kappa shape index (κ2) is 7.79. The van der Waals surface area contributed by atoms with Gasteiger partial charge in [0, 0.05) is 23.8 Å². The molecule has 0 saturated carbocycles. The lowest BCUT2D eigenvalue weighted by atomic mass is 9.90. The van der Waals surface area contributed by atoms with E-state index in [0.717, 1.165) is 11.3 Å². The topological polar surface area (TPSA) is 58.6 Å². The molecule has 6 heteroatoms. The molecule has 0 aliphatic heterocycles. The molecule has 0 unspecified atom stereocenters. The van der Waals surface area contributed by atoms with Gasteiger partial charge >= 0.3 is 0 Å². The number of hydrogen-bond acceptors (Lipinski definition) is 3. The third-order valence-corrected chi connectivity index (χ3v) is 4.69. The minimum absolute atomic E-state index is 0.314. The van der Waals surface area contributed by atoms with Crippen LogP contribution in [0.1, 0.15) is 19.4 Å². The number of carbonyl (C=O) groups excluding carboxylic acids is 2. The van der Waals surface area contributed by atoms with Gasteiger partial charge in [-0.15, -0.1) is 0 Å². The summed E-state index contributed by atoms with van der Waals surface area (Å²) in [7, 11) is 3.15. The highest BCUT2D eigenvalue weighted by Crippen LogP contribution is 2.33. The largest absolute Gasteiger partial charge is 0.495 e. The zero-order valence-electron chi connectivity index (χ0n) is 15.6. The van der Waals surface area contributed by atoms with Crippen molar-refractivity contribution in [3.8, 4) is 5.75 Å². The van der Waals surface area contributed by atoms with Crippen LogP contribution in [0.5, 0.6) is 5.75 Å². The molecule has 0 aliphatic rings. The van der Waals surface area contributed by atoms with Crippen LogP contribution in [0.3, 0.4) is 0 Å². The van der Waals surface area contributed by atoms with Crippen LogP contribution in [0.4, 0.5) is 11.4 Å². The minimum Gasteiger partial charge on any atom is -0.495 e. The van der Waals surface area contributed by atoms with E-state index in [-0.39, 0.29) is 5.91 Å². The number of halogens is 1. The third-order valence-electron chi connectivity index (χ3n) is 4.28. The Labute approximate surface area is 158 Å². The van der Waals surface area contributed by atoms with Crippen molar-refractivity contribution in [2.45, 2.75) is 20.8 Å². The number of nitrogens with one attached hydrogen (secondary N) is 1. The van der Waals surface area contributed by atoms with Crippen molar-refractivity contribution >= 4 is 34.8 Å². The number of anilines is 2. The van der Waals surface area contributed by atoms with E-state index in [2.05, 4.69) is 5.32 Å². The molecule has 2 amide bonds. The minimum atomic E-state index is -1.27. The molecular weight excluding hydrogens is 352 g/mol. The molecule has 0 spiro atoms. The number of benzene rings is 2. The molecule has 0 saturated heterocycles. The Bertz CT molecular complexity index is 819. The lowest BCUT2D eigenvalue weighted by Gasteiger charge is -2.28. The SMILES string of the molecule is COc1cc(Cl)c(C)cc1NC(=O)C(C)(C)C(=O)N(C)c1ccccc1. The number of carbonyl (C=O) groups is 2. The molecule has 2 rings (SSSR count). The Morgan fingerprint density at radius 3 is 2.35 bits per heavy atom. The first-order valence-electron chi connectivity index (χ1n) is 8.17. The van der Waals surface area contributed by atoms with Crippen LogP contribution in [0, 0.1) is 12.3 Å². The number of aryl methyl sites for hydroxylation is 1. The molecule has 1 N–H and O–H groups in total. The van der Waals surface area contributed by atoms with Crippen molar-refractivity contribution in [2.75, 3.05) is 24.4 Å². The Hall–Kier alpha value is -2.53. The summed E-state index contributed by atoms with van der Waals surface area (Å²) in [6.45, 7) is 5.02. The molecule has 0 aliphatic carbocycles. The molecule has 0 aromatic heterocycles. The number of methoxy groups -OCH3 is 1. The van der Waals surface area contributed by atoms with Gasteiger partial charge in [0.2, 0.25) is 11.8 Å². The fraction of sp³-hybridized carbons (Fsp3) is 0.300. The molecular formula is C20H23ClN2O3. The van der Waals surface area contributed by atoms with Gasteiger partial charge in [-0.2, -0.15) is 0 Å². The average Bonchev–Trinajstić information content (AvgIpc) is 2.63. The van der Waals surface area contributed by atoms with Crippen molar-refractivity contribution in [3.63, 3.8) is 0 Å². The van der Waals surface area contributed by atoms with Gasteiger partial charge in [-0.25, -0.2) is 0 Å². The molecule has 26 heavy (non-hydrogen) atoms. The molecule has 2 aromatic rings. The van der Waals surface area contributed by atoms with Gasteiger partial charge in [0.05, 0.1) is 12.8 Å². The van der Waals surface area contributed by atoms with Crippen LogP contribution in [-0.4, -0.2) is 26.0 Å². The zero-order chi connectivity index (χ0) is 19.5. The zero-order valence-corrected chi connectivity index (χ0v) is 16.3. The third kappa shape index (κ3) is 3.99. The normalized spacial score (nSPS) is 11.0. The summed E-state index contributed by atoms with van der Waals surface area (Å²) >= 11 is 6.10. The van der Waals surface area contributed by atoms with E-state index in [4.69, 9.17) is 16.3 Å². The first-order valence-corrected chi connectivity index (χ1v) is 8.55. The predicted molar refractivity (Wildman–Crippen MR) is 105 cm³/mol. The van der Waals surface area contributed by atoms with Gasteiger partial charge in [-0.3, -0.25) is 9.59 Å². The quantitative estimate of drug-likeness (QED) is 0.794. The van der Waals surface area contributed by atoms with Gasteiger partial charge in [0.25, 0.3) is 0 Å². The maximum Gasteiger partial charge on any atom is 0.241 e. The summed E-state index contributed by atoms with van der Waals surface area (Å²) in [6.07, 6.45) is 0. The van der Waals surface area contributed by atoms with Crippen LogP contribution in [0.15, 0.2) is 42.5 Å². The van der Waals surface area contributed by atoms with E-state index < -0.39 is 11.3 Å². The highest BCUT2D eigenvalue weighted by molar-refractivity contribution is 6.31. The first-order chi connectivity index (χ1) is 12.2. The summed E-state index contributed by atoms with van der Waals surface area (Å²) in [5.41, 5.74) is 0.720. The maximum absolute atomic E-state index is 12.9. The number of amides is 2. The summed E-state index contributed by atoms with van der Waals surface area (Å²) in [6, 6.07) is 12.5. The van der Waals surface area contributed by atoms with Crippen molar-refractivity contribution < 1.29 is 14.3 Å². The number of para-hydroxylation sites is 1. The van der Waals surface area contributed by atoms with Crippen molar-refractivity contribution in [1.29, 1.82) is 0 Å². The van der Waals surface area contributed by atoms with Gasteiger partial charge in [0.15, 0.2) is 0 Å². The number of ether oxygens (including phenoxy) is 1. The highest BCUT2D eigenvalue weighted by Gasteiger charge is 2.39.